The summed E-state index contributed by atoms with van der Waals surface area (Å²) < 4.78 is 17.9. The number of rotatable bonds is 5. The average molecular weight is 419 g/mol. The van der Waals surface area contributed by atoms with Crippen molar-refractivity contribution < 1.29 is 19.0 Å². The average Bonchev–Trinajstić information content (AvgIpc) is 2.95. The van der Waals surface area contributed by atoms with Crippen molar-refractivity contribution in [3.8, 4) is 17.2 Å². The first-order valence-electron chi connectivity index (χ1n) is 7.40. The van der Waals surface area contributed by atoms with Gasteiger partial charge in [-0.3, -0.25) is 0 Å². The predicted molar refractivity (Wildman–Crippen MR) is 104 cm³/mol. The van der Waals surface area contributed by atoms with Gasteiger partial charge in [-0.05, 0) is 57.9 Å². The lowest BCUT2D eigenvalue weighted by Crippen LogP contribution is -1.93. The number of thiophene rings is 1. The summed E-state index contributed by atoms with van der Waals surface area (Å²) in [7, 11) is 3.00. The van der Waals surface area contributed by atoms with Crippen LogP contribution in [0.15, 0.2) is 52.3 Å². The Morgan fingerprint density at radius 1 is 1.08 bits per heavy atom. The van der Waals surface area contributed by atoms with Gasteiger partial charge in [0, 0.05) is 16.2 Å². The van der Waals surface area contributed by atoms with Gasteiger partial charge in [-0.2, -0.15) is 0 Å². The number of carbonyl (C=O) groups excluding carboxylic acids is 1. The van der Waals surface area contributed by atoms with Crippen LogP contribution in [-0.2, 0) is 9.53 Å². The number of hydrogen-bond acceptors (Lipinski definition) is 5. The third-order valence-corrected chi connectivity index (χ3v) is 5.29. The zero-order valence-corrected chi connectivity index (χ0v) is 16.0. The first-order chi connectivity index (χ1) is 12.1. The molecule has 0 spiro atoms. The van der Waals surface area contributed by atoms with Crippen LogP contribution in [-0.4, -0.2) is 20.2 Å². The van der Waals surface area contributed by atoms with Crippen molar-refractivity contribution in [3.05, 3.63) is 57.9 Å². The van der Waals surface area contributed by atoms with Gasteiger partial charge in [0.15, 0.2) is 5.75 Å². The molecule has 1 heterocycles. The molecular weight excluding hydrogens is 404 g/mol. The summed E-state index contributed by atoms with van der Waals surface area (Å²) in [5.41, 5.74) is 0.886. The lowest BCUT2D eigenvalue weighted by molar-refractivity contribution is -0.134. The van der Waals surface area contributed by atoms with Gasteiger partial charge in [-0.15, -0.1) is 11.3 Å². The Kier molecular flexibility index (Phi) is 5.40. The maximum Gasteiger partial charge on any atom is 0.330 e. The van der Waals surface area contributed by atoms with E-state index < -0.39 is 0 Å². The Morgan fingerprint density at radius 3 is 2.48 bits per heavy atom. The van der Waals surface area contributed by atoms with E-state index >= 15 is 0 Å². The number of fused-ring (bicyclic) bond motifs is 1. The summed E-state index contributed by atoms with van der Waals surface area (Å²) >= 11 is 5.16. The van der Waals surface area contributed by atoms with Crippen LogP contribution in [0.3, 0.4) is 0 Å². The van der Waals surface area contributed by atoms with Gasteiger partial charge in [0.1, 0.15) is 15.3 Å². The molecule has 0 unspecified atom stereocenters. The fourth-order valence-electron chi connectivity index (χ4n) is 2.24. The number of halogens is 1. The lowest BCUT2D eigenvalue weighted by atomic mass is 10.2. The van der Waals surface area contributed by atoms with Crippen LogP contribution in [0.5, 0.6) is 17.2 Å². The van der Waals surface area contributed by atoms with Crippen molar-refractivity contribution in [1.82, 2.24) is 0 Å². The lowest BCUT2D eigenvalue weighted by Gasteiger charge is -2.06. The molecule has 0 fully saturated rings. The van der Waals surface area contributed by atoms with E-state index in [1.165, 1.54) is 13.2 Å². The molecule has 25 heavy (non-hydrogen) atoms. The Bertz CT molecular complexity index is 928. The van der Waals surface area contributed by atoms with Crippen molar-refractivity contribution in [2.45, 2.75) is 0 Å². The number of ether oxygens (including phenoxy) is 3. The second kappa shape index (κ2) is 7.72. The van der Waals surface area contributed by atoms with Gasteiger partial charge in [0.05, 0.1) is 14.2 Å². The smallest absolute Gasteiger partial charge is 0.330 e. The summed E-state index contributed by atoms with van der Waals surface area (Å²) in [4.78, 5) is 11.1. The molecule has 0 aliphatic carbocycles. The molecular formula is C19H15BrO4S. The van der Waals surface area contributed by atoms with Crippen LogP contribution in [0.25, 0.3) is 16.2 Å². The van der Waals surface area contributed by atoms with E-state index in [-0.39, 0.29) is 5.97 Å². The van der Waals surface area contributed by atoms with Crippen LogP contribution in [0.1, 0.15) is 5.56 Å². The van der Waals surface area contributed by atoms with E-state index in [9.17, 15) is 4.79 Å². The molecule has 3 rings (SSSR count). The molecule has 0 amide bonds. The molecule has 0 N–H and O–H groups in total. The zero-order valence-electron chi connectivity index (χ0n) is 13.6. The number of esters is 1. The summed E-state index contributed by atoms with van der Waals surface area (Å²) in [6.45, 7) is 0. The molecule has 0 saturated heterocycles. The Hall–Kier alpha value is -2.31. The topological polar surface area (TPSA) is 44.8 Å². The van der Waals surface area contributed by atoms with Crippen molar-refractivity contribution in [3.63, 3.8) is 0 Å². The molecule has 4 nitrogen and oxygen atoms in total. The highest BCUT2D eigenvalue weighted by Gasteiger charge is 2.13. The normalized spacial score (nSPS) is 11.0. The quantitative estimate of drug-likeness (QED) is 0.396. The second-order valence-corrected chi connectivity index (χ2v) is 7.46. The van der Waals surface area contributed by atoms with E-state index in [0.717, 1.165) is 30.9 Å². The highest BCUT2D eigenvalue weighted by atomic mass is 79.9. The largest absolute Gasteiger partial charge is 0.497 e. The first-order valence-corrected chi connectivity index (χ1v) is 9.01. The maximum absolute atomic E-state index is 11.1. The highest BCUT2D eigenvalue weighted by molar-refractivity contribution is 9.11. The molecule has 2 aromatic carbocycles. The minimum absolute atomic E-state index is 0.385. The van der Waals surface area contributed by atoms with Crippen molar-refractivity contribution in [2.75, 3.05) is 14.2 Å². The molecule has 0 saturated carbocycles. The predicted octanol–water partition coefficient (Wildman–Crippen LogP) is 5.65. The molecule has 128 valence electrons. The molecule has 6 heteroatoms. The fourth-order valence-corrected chi connectivity index (χ4v) is 3.94. The molecule has 0 atom stereocenters. The van der Waals surface area contributed by atoms with Gasteiger partial charge >= 0.3 is 5.97 Å². The molecule has 1 aromatic heterocycles. The van der Waals surface area contributed by atoms with Gasteiger partial charge < -0.3 is 14.2 Å². The minimum atomic E-state index is -0.385. The number of benzene rings is 2. The first kappa shape index (κ1) is 17.5. The molecule has 3 aromatic rings. The van der Waals surface area contributed by atoms with E-state index in [1.807, 2.05) is 42.5 Å². The van der Waals surface area contributed by atoms with Gasteiger partial charge in [-0.25, -0.2) is 4.79 Å². The van der Waals surface area contributed by atoms with E-state index in [0.29, 0.717) is 5.75 Å². The maximum atomic E-state index is 11.1. The fraction of sp³-hybridized carbons (Fsp3) is 0.105. The summed E-state index contributed by atoms with van der Waals surface area (Å²) in [6, 6.07) is 13.3. The number of hydrogen-bond donors (Lipinski definition) is 0. The van der Waals surface area contributed by atoms with Gasteiger partial charge in [-0.1, -0.05) is 12.1 Å². The Labute approximate surface area is 157 Å². The summed E-state index contributed by atoms with van der Waals surface area (Å²) in [6.07, 6.45) is 3.07. The Balaban J connectivity index is 1.83. The van der Waals surface area contributed by atoms with Crippen LogP contribution >= 0.6 is 27.3 Å². The van der Waals surface area contributed by atoms with E-state index in [4.69, 9.17) is 9.47 Å². The standard InChI is InChI=1S/C19H15BrO4S/c1-22-14-8-9-15-16(11-14)25-19(20)18(15)24-13-6-3-12(4-7-13)5-10-17(21)23-2/h3-11H,1-2H3/b10-5+. The monoisotopic (exact) mass is 418 g/mol. The van der Waals surface area contributed by atoms with Crippen LogP contribution in [0, 0.1) is 0 Å². The van der Waals surface area contributed by atoms with Crippen LogP contribution in [0.2, 0.25) is 0 Å². The van der Waals surface area contributed by atoms with Crippen molar-refractivity contribution in [2.24, 2.45) is 0 Å². The molecule has 0 aliphatic rings. The van der Waals surface area contributed by atoms with Crippen molar-refractivity contribution in [1.29, 1.82) is 0 Å². The number of methoxy groups -OCH3 is 2. The van der Waals surface area contributed by atoms with E-state index in [1.54, 1.807) is 24.5 Å². The third kappa shape index (κ3) is 4.03. The van der Waals surface area contributed by atoms with Gasteiger partial charge in [0.2, 0.25) is 0 Å². The molecule has 0 radical (unpaired) electrons. The molecule has 0 aliphatic heterocycles. The van der Waals surface area contributed by atoms with Crippen molar-refractivity contribution >= 4 is 49.4 Å². The minimum Gasteiger partial charge on any atom is -0.497 e. The zero-order chi connectivity index (χ0) is 17.8. The van der Waals surface area contributed by atoms with E-state index in [2.05, 4.69) is 20.7 Å². The van der Waals surface area contributed by atoms with Crippen LogP contribution in [0.4, 0.5) is 0 Å². The van der Waals surface area contributed by atoms with Crippen LogP contribution < -0.4 is 9.47 Å². The van der Waals surface area contributed by atoms with Gasteiger partial charge in [0.25, 0.3) is 0 Å². The third-order valence-electron chi connectivity index (χ3n) is 3.52. The highest BCUT2D eigenvalue weighted by Crippen LogP contribution is 2.44. The summed E-state index contributed by atoms with van der Waals surface area (Å²) in [5.74, 6) is 1.92. The SMILES string of the molecule is COC(=O)/C=C/c1ccc(Oc2c(Br)sc3cc(OC)ccc23)cc1. The Morgan fingerprint density at radius 2 is 1.80 bits per heavy atom. The summed E-state index contributed by atoms with van der Waals surface area (Å²) in [5, 5.41) is 1.02. The molecule has 0 bridgehead atoms. The number of carbonyl (C=O) groups is 1. The second-order valence-electron chi connectivity index (χ2n) is 5.09.